The van der Waals surface area contributed by atoms with E-state index in [1.165, 1.54) is 6.08 Å². The van der Waals surface area contributed by atoms with Crippen molar-refractivity contribution >= 4 is 5.97 Å². The highest BCUT2D eigenvalue weighted by atomic mass is 16.7. The molecular formula is C30H52O11. The van der Waals surface area contributed by atoms with Crippen LogP contribution in [-0.2, 0) is 38.0 Å². The number of fused-ring (bicyclic) bond motifs is 1. The lowest BCUT2D eigenvalue weighted by atomic mass is 9.96. The van der Waals surface area contributed by atoms with Crippen molar-refractivity contribution in [1.29, 1.82) is 0 Å². The minimum Gasteiger partial charge on any atom is -0.458 e. The number of hydrogen-bond acceptors (Lipinski definition) is 11. The Kier molecular flexibility index (Phi) is 13.4. The number of carbonyl (C=O) groups excluding carboxylic acids is 1. The van der Waals surface area contributed by atoms with Gasteiger partial charge in [-0.3, -0.25) is 0 Å². The second-order valence-electron chi connectivity index (χ2n) is 12.5. The summed E-state index contributed by atoms with van der Waals surface area (Å²) < 4.78 is 37.6. The molecule has 4 fully saturated rings. The molecule has 11 heteroatoms. The van der Waals surface area contributed by atoms with Gasteiger partial charge in [0.05, 0.1) is 44.7 Å². The quantitative estimate of drug-likeness (QED) is 0.285. The van der Waals surface area contributed by atoms with Gasteiger partial charge in [-0.25, -0.2) is 4.79 Å². The monoisotopic (exact) mass is 588 g/mol. The molecule has 0 spiro atoms. The molecular weight excluding hydrogens is 536 g/mol. The molecule has 0 bridgehead atoms. The third-order valence-electron chi connectivity index (χ3n) is 7.03. The van der Waals surface area contributed by atoms with Crippen LogP contribution in [0, 0.1) is 17.8 Å². The molecule has 238 valence electrons. The number of hydrogen-bond donors (Lipinski definition) is 3. The van der Waals surface area contributed by atoms with Gasteiger partial charge < -0.3 is 48.5 Å². The summed E-state index contributed by atoms with van der Waals surface area (Å²) in [5.41, 5.74) is -0.643. The van der Waals surface area contributed by atoms with E-state index in [9.17, 15) is 15.0 Å². The number of carbonyl (C=O) groups is 1. The molecule has 4 heterocycles. The highest BCUT2D eigenvalue weighted by Crippen LogP contribution is 2.31. The Morgan fingerprint density at radius 2 is 1.59 bits per heavy atom. The van der Waals surface area contributed by atoms with Crippen LogP contribution >= 0.6 is 0 Å². The third-order valence-corrected chi connectivity index (χ3v) is 7.03. The van der Waals surface area contributed by atoms with Gasteiger partial charge in [0.25, 0.3) is 0 Å². The maximum atomic E-state index is 11.9. The Labute approximate surface area is 244 Å². The smallest absolute Gasteiger partial charge is 0.336 e. The zero-order valence-electron chi connectivity index (χ0n) is 25.7. The zero-order chi connectivity index (χ0) is 31.0. The molecule has 3 N–H and O–H groups in total. The lowest BCUT2D eigenvalue weighted by Gasteiger charge is -2.27. The van der Waals surface area contributed by atoms with E-state index in [2.05, 4.69) is 13.2 Å². The topological polar surface area (TPSA) is 142 Å². The van der Waals surface area contributed by atoms with Crippen LogP contribution in [0.3, 0.4) is 0 Å². The summed E-state index contributed by atoms with van der Waals surface area (Å²) in [5.74, 6) is -1.99. The average molecular weight is 589 g/mol. The Morgan fingerprint density at radius 1 is 1.00 bits per heavy atom. The maximum Gasteiger partial charge on any atom is 0.336 e. The molecule has 0 aliphatic carbocycles. The first-order chi connectivity index (χ1) is 19.0. The van der Waals surface area contributed by atoms with E-state index in [-0.39, 0.29) is 36.9 Å². The van der Waals surface area contributed by atoms with Crippen LogP contribution < -0.4 is 0 Å². The molecule has 4 aliphatic rings. The highest BCUT2D eigenvalue weighted by Gasteiger charge is 2.42. The molecule has 8 atom stereocenters. The Morgan fingerprint density at radius 3 is 2.02 bits per heavy atom. The number of aliphatic hydroxyl groups excluding tert-OH is 3. The predicted octanol–water partition coefficient (Wildman–Crippen LogP) is 2.71. The van der Waals surface area contributed by atoms with Gasteiger partial charge in [0.2, 0.25) is 0 Å². The highest BCUT2D eigenvalue weighted by molar-refractivity contribution is 5.75. The first-order valence-electron chi connectivity index (χ1n) is 14.3. The standard InChI is InChI=1S/C14H24O5.C10H18O3.C6H10O3/c1-7-9(10-8-17-14(5,6)18-10)11(15)12(16)19-13(2,3)4;1-4-8(5-6-11)9-7-12-10(2,3)13-9;7-5-3-9-6-4(5)1-2-8-6/h7,9-11,15H,1,8H2,2-6H3;4,8-9,11H,1,5-7H2,2-3H3;4-7H,1-3H2/t9-,10+,11+;8-,9-;4-,5-,6+/m100/s1. The van der Waals surface area contributed by atoms with Crippen molar-refractivity contribution in [3.05, 3.63) is 25.3 Å². The van der Waals surface area contributed by atoms with Crippen molar-refractivity contribution in [3.8, 4) is 0 Å². The fourth-order valence-corrected chi connectivity index (χ4v) is 4.88. The van der Waals surface area contributed by atoms with Crippen LogP contribution in [0.15, 0.2) is 25.3 Å². The molecule has 0 aromatic rings. The summed E-state index contributed by atoms with van der Waals surface area (Å²) in [6.45, 7) is 22.2. The first kappa shape index (κ1) is 35.8. The van der Waals surface area contributed by atoms with E-state index in [0.29, 0.717) is 26.2 Å². The summed E-state index contributed by atoms with van der Waals surface area (Å²) in [6, 6.07) is 0. The predicted molar refractivity (Wildman–Crippen MR) is 151 cm³/mol. The first-order valence-corrected chi connectivity index (χ1v) is 14.3. The van der Waals surface area contributed by atoms with Gasteiger partial charge in [-0.2, -0.15) is 0 Å². The van der Waals surface area contributed by atoms with E-state index in [0.717, 1.165) is 13.0 Å². The summed E-state index contributed by atoms with van der Waals surface area (Å²) in [6.07, 6.45) is 2.92. The van der Waals surface area contributed by atoms with E-state index >= 15 is 0 Å². The van der Waals surface area contributed by atoms with Crippen LogP contribution in [0.25, 0.3) is 0 Å². The fraction of sp³-hybridized carbons (Fsp3) is 0.833. The normalized spacial score (nSPS) is 31.9. The zero-order valence-corrected chi connectivity index (χ0v) is 25.7. The van der Waals surface area contributed by atoms with Gasteiger partial charge >= 0.3 is 5.97 Å². The average Bonchev–Trinajstić information content (AvgIpc) is 3.64. The molecule has 4 saturated heterocycles. The van der Waals surface area contributed by atoms with E-state index in [1.54, 1.807) is 34.6 Å². The van der Waals surface area contributed by atoms with Crippen molar-refractivity contribution in [2.45, 2.75) is 109 Å². The van der Waals surface area contributed by atoms with Gasteiger partial charge in [0.15, 0.2) is 24.0 Å². The van der Waals surface area contributed by atoms with Crippen LogP contribution in [0.2, 0.25) is 0 Å². The maximum absolute atomic E-state index is 11.9. The molecule has 0 aromatic heterocycles. The van der Waals surface area contributed by atoms with Gasteiger partial charge in [0.1, 0.15) is 5.60 Å². The lowest BCUT2D eigenvalue weighted by Crippen LogP contribution is -2.41. The molecule has 0 saturated carbocycles. The molecule has 4 aliphatic heterocycles. The molecule has 4 rings (SSSR count). The van der Waals surface area contributed by atoms with E-state index in [1.807, 2.05) is 19.9 Å². The number of esters is 1. The number of ether oxygens (including phenoxy) is 7. The Bertz CT molecular complexity index is 837. The van der Waals surface area contributed by atoms with Gasteiger partial charge in [-0.1, -0.05) is 12.2 Å². The minimum atomic E-state index is -1.31. The second-order valence-corrected chi connectivity index (χ2v) is 12.5. The summed E-state index contributed by atoms with van der Waals surface area (Å²) in [4.78, 5) is 11.9. The second kappa shape index (κ2) is 15.4. The van der Waals surface area contributed by atoms with Gasteiger partial charge in [-0.05, 0) is 61.3 Å². The molecule has 0 radical (unpaired) electrons. The van der Waals surface area contributed by atoms with Crippen molar-refractivity contribution in [3.63, 3.8) is 0 Å². The van der Waals surface area contributed by atoms with Crippen LogP contribution in [-0.4, -0.2) is 102 Å². The van der Waals surface area contributed by atoms with Gasteiger partial charge in [-0.15, -0.1) is 13.2 Å². The summed E-state index contributed by atoms with van der Waals surface area (Å²) in [5, 5.41) is 28.1. The van der Waals surface area contributed by atoms with Crippen LogP contribution in [0.5, 0.6) is 0 Å². The van der Waals surface area contributed by atoms with Crippen LogP contribution in [0.1, 0.15) is 61.3 Å². The van der Waals surface area contributed by atoms with E-state index < -0.39 is 41.3 Å². The van der Waals surface area contributed by atoms with Crippen molar-refractivity contribution < 1.29 is 53.3 Å². The Hall–Kier alpha value is -1.41. The van der Waals surface area contributed by atoms with Crippen molar-refractivity contribution in [2.75, 3.05) is 33.0 Å². The molecule has 0 amide bonds. The summed E-state index contributed by atoms with van der Waals surface area (Å²) in [7, 11) is 0. The van der Waals surface area contributed by atoms with E-state index in [4.69, 9.17) is 38.3 Å². The largest absolute Gasteiger partial charge is 0.458 e. The number of rotatable bonds is 8. The summed E-state index contributed by atoms with van der Waals surface area (Å²) >= 11 is 0. The Balaban J connectivity index is 0.000000230. The van der Waals surface area contributed by atoms with Crippen LogP contribution in [0.4, 0.5) is 0 Å². The molecule has 11 nitrogen and oxygen atoms in total. The van der Waals surface area contributed by atoms with Crippen molar-refractivity contribution in [2.24, 2.45) is 17.8 Å². The third kappa shape index (κ3) is 11.3. The number of aliphatic hydroxyl groups is 3. The lowest BCUT2D eigenvalue weighted by molar-refractivity contribution is -0.174. The molecule has 0 aromatic carbocycles. The SMILES string of the molecule is C=C[C@@H](CCO)[C@@H]1COC(C)(C)O1.C=C[C@H]([C@@H]1COC(C)(C)O1)[C@H](O)C(=O)OC(C)(C)C.O[C@H]1CO[C@H]2OCC[C@H]21. The van der Waals surface area contributed by atoms with Gasteiger partial charge in [0, 0.05) is 24.4 Å². The van der Waals surface area contributed by atoms with Crippen molar-refractivity contribution in [1.82, 2.24) is 0 Å². The minimum absolute atomic E-state index is 0.0413. The molecule has 41 heavy (non-hydrogen) atoms. The molecule has 0 unspecified atom stereocenters. The fourth-order valence-electron chi connectivity index (χ4n) is 4.88.